The highest BCUT2D eigenvalue weighted by Gasteiger charge is 2.20. The van der Waals surface area contributed by atoms with Gasteiger partial charge in [-0.05, 0) is 48.9 Å². The van der Waals surface area contributed by atoms with Crippen LogP contribution in [0.25, 0.3) is 0 Å². The number of carbonyl (C=O) groups is 1. The zero-order valence-corrected chi connectivity index (χ0v) is 15.8. The third kappa shape index (κ3) is 4.81. The number of carbonyl (C=O) groups excluding carboxylic acids is 1. The maximum atomic E-state index is 12.6. The molecular formula is C20H25NO5. The van der Waals surface area contributed by atoms with E-state index in [1.54, 1.807) is 64.5 Å². The number of rotatable bonds is 8. The van der Waals surface area contributed by atoms with Gasteiger partial charge in [-0.15, -0.1) is 0 Å². The molecule has 0 bridgehead atoms. The second-order valence-electron chi connectivity index (χ2n) is 5.82. The lowest BCUT2D eigenvalue weighted by atomic mass is 10.2. The topological polar surface area (TPSA) is 57.2 Å². The molecule has 6 nitrogen and oxygen atoms in total. The van der Waals surface area contributed by atoms with Crippen LogP contribution in [-0.4, -0.2) is 45.3 Å². The van der Waals surface area contributed by atoms with E-state index in [0.717, 1.165) is 11.3 Å². The van der Waals surface area contributed by atoms with Crippen molar-refractivity contribution in [3.63, 3.8) is 0 Å². The van der Waals surface area contributed by atoms with Crippen molar-refractivity contribution >= 4 is 5.91 Å². The minimum atomic E-state index is -0.603. The summed E-state index contributed by atoms with van der Waals surface area (Å²) in [5, 5.41) is 0. The van der Waals surface area contributed by atoms with E-state index < -0.39 is 6.10 Å². The Balaban J connectivity index is 1.99. The highest BCUT2D eigenvalue weighted by Crippen LogP contribution is 2.28. The van der Waals surface area contributed by atoms with E-state index in [-0.39, 0.29) is 5.91 Å². The third-order valence-electron chi connectivity index (χ3n) is 3.96. The largest absolute Gasteiger partial charge is 0.497 e. The van der Waals surface area contributed by atoms with Crippen molar-refractivity contribution in [1.29, 1.82) is 0 Å². The van der Waals surface area contributed by atoms with Gasteiger partial charge in [0.25, 0.3) is 5.91 Å². The molecule has 0 N–H and O–H groups in total. The van der Waals surface area contributed by atoms with Gasteiger partial charge in [0.1, 0.15) is 11.5 Å². The molecule has 0 aliphatic carbocycles. The van der Waals surface area contributed by atoms with Crippen molar-refractivity contribution in [1.82, 2.24) is 4.90 Å². The van der Waals surface area contributed by atoms with Gasteiger partial charge in [0.05, 0.1) is 21.3 Å². The Kier molecular flexibility index (Phi) is 6.72. The fourth-order valence-corrected chi connectivity index (χ4v) is 2.55. The normalized spacial score (nSPS) is 11.4. The van der Waals surface area contributed by atoms with E-state index in [2.05, 4.69) is 0 Å². The Labute approximate surface area is 154 Å². The maximum absolute atomic E-state index is 12.6. The van der Waals surface area contributed by atoms with Crippen molar-refractivity contribution in [3.05, 3.63) is 48.0 Å². The van der Waals surface area contributed by atoms with Crippen molar-refractivity contribution in [2.45, 2.75) is 19.6 Å². The average Bonchev–Trinajstić information content (AvgIpc) is 2.67. The molecule has 0 aromatic heterocycles. The van der Waals surface area contributed by atoms with Crippen LogP contribution in [0.3, 0.4) is 0 Å². The number of hydrogen-bond donors (Lipinski definition) is 0. The first-order valence-electron chi connectivity index (χ1n) is 8.25. The lowest BCUT2D eigenvalue weighted by Gasteiger charge is -2.22. The van der Waals surface area contributed by atoms with Gasteiger partial charge in [0.15, 0.2) is 17.6 Å². The summed E-state index contributed by atoms with van der Waals surface area (Å²) in [4.78, 5) is 14.2. The zero-order chi connectivity index (χ0) is 19.1. The van der Waals surface area contributed by atoms with Gasteiger partial charge in [-0.2, -0.15) is 0 Å². The Morgan fingerprint density at radius 2 is 1.54 bits per heavy atom. The zero-order valence-electron chi connectivity index (χ0n) is 15.8. The predicted molar refractivity (Wildman–Crippen MR) is 99.1 cm³/mol. The van der Waals surface area contributed by atoms with Gasteiger partial charge in [0, 0.05) is 13.6 Å². The summed E-state index contributed by atoms with van der Waals surface area (Å²) in [6.07, 6.45) is -0.603. The fourth-order valence-electron chi connectivity index (χ4n) is 2.55. The molecule has 0 aliphatic heterocycles. The van der Waals surface area contributed by atoms with Gasteiger partial charge in [-0.25, -0.2) is 0 Å². The molecule has 1 unspecified atom stereocenters. The number of benzene rings is 2. The summed E-state index contributed by atoms with van der Waals surface area (Å²) in [5.41, 5.74) is 0.940. The maximum Gasteiger partial charge on any atom is 0.263 e. The first kappa shape index (κ1) is 19.4. The molecule has 1 amide bonds. The van der Waals surface area contributed by atoms with Gasteiger partial charge in [-0.1, -0.05) is 6.07 Å². The smallest absolute Gasteiger partial charge is 0.263 e. The molecular weight excluding hydrogens is 334 g/mol. The lowest BCUT2D eigenvalue weighted by Crippen LogP contribution is -2.37. The Morgan fingerprint density at radius 3 is 2.12 bits per heavy atom. The molecule has 2 aromatic carbocycles. The Hall–Kier alpha value is -2.89. The van der Waals surface area contributed by atoms with Crippen LogP contribution in [0.5, 0.6) is 23.0 Å². The predicted octanol–water partition coefficient (Wildman–Crippen LogP) is 3.14. The second kappa shape index (κ2) is 8.99. The summed E-state index contributed by atoms with van der Waals surface area (Å²) in [6.45, 7) is 2.17. The molecule has 0 saturated heterocycles. The third-order valence-corrected chi connectivity index (χ3v) is 3.96. The molecule has 0 aliphatic rings. The number of methoxy groups -OCH3 is 3. The number of likely N-dealkylation sites (N-methyl/N-ethyl adjacent to an activating group) is 1. The number of amides is 1. The van der Waals surface area contributed by atoms with E-state index in [0.29, 0.717) is 23.8 Å². The molecule has 0 spiro atoms. The minimum Gasteiger partial charge on any atom is -0.497 e. The van der Waals surface area contributed by atoms with Crippen molar-refractivity contribution in [2.75, 3.05) is 28.4 Å². The van der Waals surface area contributed by atoms with Crippen LogP contribution in [0.1, 0.15) is 12.5 Å². The van der Waals surface area contributed by atoms with Gasteiger partial charge < -0.3 is 23.8 Å². The van der Waals surface area contributed by atoms with Crippen LogP contribution in [-0.2, 0) is 11.3 Å². The van der Waals surface area contributed by atoms with Crippen LogP contribution >= 0.6 is 0 Å². The van der Waals surface area contributed by atoms with Gasteiger partial charge in [0.2, 0.25) is 0 Å². The lowest BCUT2D eigenvalue weighted by molar-refractivity contribution is -0.137. The second-order valence-corrected chi connectivity index (χ2v) is 5.82. The quantitative estimate of drug-likeness (QED) is 0.725. The van der Waals surface area contributed by atoms with Crippen LogP contribution in [0.15, 0.2) is 42.5 Å². The Morgan fingerprint density at radius 1 is 0.923 bits per heavy atom. The number of ether oxygens (including phenoxy) is 4. The van der Waals surface area contributed by atoms with Crippen LogP contribution in [0, 0.1) is 0 Å². The summed E-state index contributed by atoms with van der Waals surface area (Å²) in [6, 6.07) is 12.7. The van der Waals surface area contributed by atoms with Crippen molar-refractivity contribution < 1.29 is 23.7 Å². The van der Waals surface area contributed by atoms with E-state index in [9.17, 15) is 4.79 Å². The first-order chi connectivity index (χ1) is 12.5. The van der Waals surface area contributed by atoms with Gasteiger partial charge >= 0.3 is 0 Å². The standard InChI is InChI=1S/C20H25NO5/c1-14(26-17-9-7-16(23-3)8-10-17)20(22)21(2)13-15-6-11-18(24-4)19(12-15)25-5/h6-12,14H,13H2,1-5H3. The molecule has 140 valence electrons. The number of nitrogens with zero attached hydrogens (tertiary/aromatic N) is 1. The van der Waals surface area contributed by atoms with E-state index >= 15 is 0 Å². The van der Waals surface area contributed by atoms with E-state index in [4.69, 9.17) is 18.9 Å². The summed E-state index contributed by atoms with van der Waals surface area (Å²) >= 11 is 0. The number of hydrogen-bond acceptors (Lipinski definition) is 5. The van der Waals surface area contributed by atoms with E-state index in [1.165, 1.54) is 0 Å². The van der Waals surface area contributed by atoms with Crippen LogP contribution < -0.4 is 18.9 Å². The molecule has 0 radical (unpaired) electrons. The van der Waals surface area contributed by atoms with Crippen LogP contribution in [0.4, 0.5) is 0 Å². The summed E-state index contributed by atoms with van der Waals surface area (Å²) < 4.78 is 21.4. The molecule has 0 saturated carbocycles. The molecule has 2 rings (SSSR count). The first-order valence-corrected chi connectivity index (χ1v) is 8.25. The Bertz CT molecular complexity index is 729. The molecule has 2 aromatic rings. The highest BCUT2D eigenvalue weighted by molar-refractivity contribution is 5.80. The molecule has 0 fully saturated rings. The molecule has 6 heteroatoms. The fraction of sp³-hybridized carbons (Fsp3) is 0.350. The molecule has 0 heterocycles. The van der Waals surface area contributed by atoms with Crippen molar-refractivity contribution in [2.24, 2.45) is 0 Å². The van der Waals surface area contributed by atoms with Crippen LogP contribution in [0.2, 0.25) is 0 Å². The SMILES string of the molecule is COc1ccc(OC(C)C(=O)N(C)Cc2ccc(OC)c(OC)c2)cc1. The molecule has 1 atom stereocenters. The summed E-state index contributed by atoms with van der Waals surface area (Å²) in [7, 11) is 6.52. The highest BCUT2D eigenvalue weighted by atomic mass is 16.5. The van der Waals surface area contributed by atoms with E-state index in [1.807, 2.05) is 18.2 Å². The summed E-state index contributed by atoms with van der Waals surface area (Å²) in [5.74, 6) is 2.53. The minimum absolute atomic E-state index is 0.115. The van der Waals surface area contributed by atoms with Crippen molar-refractivity contribution in [3.8, 4) is 23.0 Å². The molecule has 26 heavy (non-hydrogen) atoms. The monoisotopic (exact) mass is 359 g/mol. The van der Waals surface area contributed by atoms with Gasteiger partial charge in [-0.3, -0.25) is 4.79 Å². The average molecular weight is 359 g/mol.